The summed E-state index contributed by atoms with van der Waals surface area (Å²) in [4.78, 5) is 43.0. The second kappa shape index (κ2) is 19.7. The van der Waals surface area contributed by atoms with Crippen molar-refractivity contribution >= 4 is 41.5 Å². The molecule has 1 aliphatic rings. The normalized spacial score (nSPS) is 13.5. The van der Waals surface area contributed by atoms with E-state index in [2.05, 4.69) is 19.2 Å². The summed E-state index contributed by atoms with van der Waals surface area (Å²) in [5.74, 6) is 2.06. The van der Waals surface area contributed by atoms with Gasteiger partial charge in [0, 0.05) is 32.1 Å². The van der Waals surface area contributed by atoms with Crippen LogP contribution in [0.4, 0.5) is 11.4 Å². The SMILES string of the molecule is COc1cc(C(=O)N(C)c2ccccc2OCCC(C)CCC(=O)N2CCC(C)CC2)ccc1NC(=O)c1ccccc1OCCCN.Cl. The van der Waals surface area contributed by atoms with Gasteiger partial charge in [-0.1, -0.05) is 38.1 Å². The highest BCUT2D eigenvalue weighted by Gasteiger charge is 2.22. The van der Waals surface area contributed by atoms with Crippen LogP contribution in [0.15, 0.2) is 66.7 Å². The molecule has 1 unspecified atom stereocenters. The molecule has 1 fully saturated rings. The molecule has 1 aliphatic heterocycles. The Morgan fingerprint density at radius 1 is 0.939 bits per heavy atom. The molecular formula is C38H51ClN4O6. The van der Waals surface area contributed by atoms with Gasteiger partial charge in [-0.3, -0.25) is 14.4 Å². The quantitative estimate of drug-likeness (QED) is 0.158. The average molecular weight is 695 g/mol. The minimum atomic E-state index is -0.364. The minimum Gasteiger partial charge on any atom is -0.495 e. The Morgan fingerprint density at radius 2 is 1.61 bits per heavy atom. The van der Waals surface area contributed by atoms with E-state index in [4.69, 9.17) is 19.9 Å². The minimum absolute atomic E-state index is 0. The molecule has 3 aromatic rings. The number of piperidine rings is 1. The Hall–Kier alpha value is -4.28. The first-order valence-corrected chi connectivity index (χ1v) is 16.9. The van der Waals surface area contributed by atoms with Crippen molar-refractivity contribution in [1.82, 2.24) is 4.90 Å². The van der Waals surface area contributed by atoms with Crippen LogP contribution in [0.3, 0.4) is 0 Å². The van der Waals surface area contributed by atoms with Gasteiger partial charge < -0.3 is 35.1 Å². The van der Waals surface area contributed by atoms with Crippen molar-refractivity contribution in [2.24, 2.45) is 17.6 Å². The van der Waals surface area contributed by atoms with Gasteiger partial charge >= 0.3 is 0 Å². The van der Waals surface area contributed by atoms with Crippen molar-refractivity contribution in [3.05, 3.63) is 77.9 Å². The van der Waals surface area contributed by atoms with Crippen molar-refractivity contribution in [3.8, 4) is 17.2 Å². The number of nitrogens with zero attached hydrogens (tertiary/aromatic N) is 2. The molecule has 49 heavy (non-hydrogen) atoms. The predicted molar refractivity (Wildman–Crippen MR) is 196 cm³/mol. The lowest BCUT2D eigenvalue weighted by Gasteiger charge is -2.30. The molecule has 1 heterocycles. The van der Waals surface area contributed by atoms with Gasteiger partial charge in [0.2, 0.25) is 5.91 Å². The summed E-state index contributed by atoms with van der Waals surface area (Å²) in [6.07, 6.45) is 5.03. The lowest BCUT2D eigenvalue weighted by molar-refractivity contribution is -0.132. The number of halogens is 1. The Balaban J connectivity index is 0.00000650. The van der Waals surface area contributed by atoms with E-state index in [1.807, 2.05) is 29.2 Å². The first-order valence-electron chi connectivity index (χ1n) is 16.9. The van der Waals surface area contributed by atoms with Crippen LogP contribution >= 0.6 is 12.4 Å². The van der Waals surface area contributed by atoms with E-state index < -0.39 is 0 Å². The van der Waals surface area contributed by atoms with E-state index in [0.29, 0.717) is 84.2 Å². The molecule has 0 aliphatic carbocycles. The number of nitrogens with two attached hydrogens (primary N) is 1. The molecule has 3 amide bonds. The van der Waals surface area contributed by atoms with Gasteiger partial charge in [0.1, 0.15) is 17.2 Å². The summed E-state index contributed by atoms with van der Waals surface area (Å²) >= 11 is 0. The van der Waals surface area contributed by atoms with Crippen molar-refractivity contribution < 1.29 is 28.6 Å². The van der Waals surface area contributed by atoms with Gasteiger partial charge in [-0.05, 0) is 92.9 Å². The topological polar surface area (TPSA) is 123 Å². The second-order valence-electron chi connectivity index (χ2n) is 12.5. The molecule has 266 valence electrons. The summed E-state index contributed by atoms with van der Waals surface area (Å²) in [6.45, 7) is 7.50. The highest BCUT2D eigenvalue weighted by molar-refractivity contribution is 6.09. The zero-order valence-corrected chi connectivity index (χ0v) is 29.9. The average Bonchev–Trinajstić information content (AvgIpc) is 3.11. The van der Waals surface area contributed by atoms with Gasteiger partial charge in [0.25, 0.3) is 11.8 Å². The summed E-state index contributed by atoms with van der Waals surface area (Å²) in [5, 5.41) is 2.88. The molecule has 1 atom stereocenters. The number of likely N-dealkylation sites (tertiary alicyclic amines) is 1. The number of benzene rings is 3. The lowest BCUT2D eigenvalue weighted by atomic mass is 9.97. The Kier molecular flexibility index (Phi) is 15.7. The second-order valence-corrected chi connectivity index (χ2v) is 12.5. The standard InChI is InChI=1S/C38H50N4O6.ClH/c1-27(14-17-36(43)42-22-18-28(2)19-23-42)20-25-48-34-13-8-6-11-32(34)41(3)38(45)29-15-16-31(35(26-29)46-4)40-37(44)30-10-5-7-12-33(30)47-24-9-21-39;/h5-8,10-13,15-16,26-28H,9,14,17-25,39H2,1-4H3,(H,40,44);1H. The van der Waals surface area contributed by atoms with Crippen LogP contribution in [-0.2, 0) is 4.79 Å². The number of carbonyl (C=O) groups is 3. The van der Waals surface area contributed by atoms with Crippen LogP contribution in [0.5, 0.6) is 17.2 Å². The molecule has 1 saturated heterocycles. The number of para-hydroxylation sites is 3. The number of ether oxygens (including phenoxy) is 3. The van der Waals surface area contributed by atoms with E-state index in [1.165, 1.54) is 7.11 Å². The van der Waals surface area contributed by atoms with Gasteiger partial charge in [0.15, 0.2) is 0 Å². The predicted octanol–water partition coefficient (Wildman–Crippen LogP) is 6.82. The van der Waals surface area contributed by atoms with Crippen molar-refractivity contribution in [2.75, 3.05) is 57.2 Å². The molecule has 0 aromatic heterocycles. The number of carbonyl (C=O) groups excluding carboxylic acids is 3. The zero-order valence-electron chi connectivity index (χ0n) is 29.1. The molecule has 0 bridgehead atoms. The Morgan fingerprint density at radius 3 is 2.33 bits per heavy atom. The summed E-state index contributed by atoms with van der Waals surface area (Å²) in [5.41, 5.74) is 7.38. The van der Waals surface area contributed by atoms with Gasteiger partial charge in [0.05, 0.1) is 37.3 Å². The number of amides is 3. The third-order valence-electron chi connectivity index (χ3n) is 8.82. The first kappa shape index (κ1) is 39.2. The maximum atomic E-state index is 13.6. The third-order valence-corrected chi connectivity index (χ3v) is 8.82. The maximum Gasteiger partial charge on any atom is 0.259 e. The van der Waals surface area contributed by atoms with Crippen molar-refractivity contribution in [3.63, 3.8) is 0 Å². The number of hydrogen-bond acceptors (Lipinski definition) is 7. The Labute approximate surface area is 296 Å². The monoisotopic (exact) mass is 694 g/mol. The number of hydrogen-bond donors (Lipinski definition) is 2. The molecule has 0 radical (unpaired) electrons. The van der Waals surface area contributed by atoms with E-state index in [0.717, 1.165) is 38.8 Å². The number of nitrogens with one attached hydrogen (secondary N) is 1. The number of methoxy groups -OCH3 is 1. The van der Waals surface area contributed by atoms with E-state index in [9.17, 15) is 14.4 Å². The van der Waals surface area contributed by atoms with Crippen LogP contribution in [0.1, 0.15) is 73.1 Å². The number of anilines is 2. The summed E-state index contributed by atoms with van der Waals surface area (Å²) < 4.78 is 17.5. The van der Waals surface area contributed by atoms with Gasteiger partial charge in [-0.25, -0.2) is 0 Å². The first-order chi connectivity index (χ1) is 23.2. The fourth-order valence-electron chi connectivity index (χ4n) is 5.62. The van der Waals surface area contributed by atoms with Crippen LogP contribution < -0.4 is 30.2 Å². The van der Waals surface area contributed by atoms with Crippen LogP contribution in [0.2, 0.25) is 0 Å². The number of rotatable bonds is 16. The maximum absolute atomic E-state index is 13.6. The largest absolute Gasteiger partial charge is 0.495 e. The van der Waals surface area contributed by atoms with E-state index in [1.54, 1.807) is 54.4 Å². The molecule has 11 heteroatoms. The third kappa shape index (κ3) is 11.1. The van der Waals surface area contributed by atoms with Crippen LogP contribution in [0.25, 0.3) is 0 Å². The highest BCUT2D eigenvalue weighted by Crippen LogP contribution is 2.32. The van der Waals surface area contributed by atoms with Crippen molar-refractivity contribution in [2.45, 2.75) is 52.4 Å². The van der Waals surface area contributed by atoms with Gasteiger partial charge in [-0.15, -0.1) is 12.4 Å². The van der Waals surface area contributed by atoms with Crippen LogP contribution in [0, 0.1) is 11.8 Å². The fourth-order valence-corrected chi connectivity index (χ4v) is 5.62. The zero-order chi connectivity index (χ0) is 34.5. The van der Waals surface area contributed by atoms with E-state index >= 15 is 0 Å². The molecule has 0 saturated carbocycles. The summed E-state index contributed by atoms with van der Waals surface area (Å²) in [6, 6.07) is 19.3. The lowest BCUT2D eigenvalue weighted by Crippen LogP contribution is -2.37. The van der Waals surface area contributed by atoms with E-state index in [-0.39, 0.29) is 30.1 Å². The smallest absolute Gasteiger partial charge is 0.259 e. The Bertz CT molecular complexity index is 1530. The fraction of sp³-hybridized carbons (Fsp3) is 0.447. The van der Waals surface area contributed by atoms with Gasteiger partial charge in [-0.2, -0.15) is 0 Å². The highest BCUT2D eigenvalue weighted by atomic mass is 35.5. The molecule has 4 rings (SSSR count). The van der Waals surface area contributed by atoms with Crippen LogP contribution in [-0.4, -0.2) is 69.6 Å². The molecular weight excluding hydrogens is 644 g/mol. The summed E-state index contributed by atoms with van der Waals surface area (Å²) in [7, 11) is 3.19. The molecule has 3 aromatic carbocycles. The molecule has 3 N–H and O–H groups in total. The van der Waals surface area contributed by atoms with Crippen molar-refractivity contribution in [1.29, 1.82) is 0 Å². The molecule has 0 spiro atoms. The molecule has 10 nitrogen and oxygen atoms in total.